The third-order valence-corrected chi connectivity index (χ3v) is 5.52. The number of amides is 2. The minimum absolute atomic E-state index is 0.178. The molecule has 1 atom stereocenters. The van der Waals surface area contributed by atoms with Gasteiger partial charge in [-0.25, -0.2) is 0 Å². The molecule has 0 radical (unpaired) electrons. The van der Waals surface area contributed by atoms with Crippen molar-refractivity contribution in [1.29, 1.82) is 0 Å². The molecule has 0 unspecified atom stereocenters. The van der Waals surface area contributed by atoms with Crippen LogP contribution in [-0.2, 0) is 22.6 Å². The van der Waals surface area contributed by atoms with Gasteiger partial charge < -0.3 is 15.0 Å². The Morgan fingerprint density at radius 1 is 0.909 bits per heavy atom. The van der Waals surface area contributed by atoms with E-state index in [-0.39, 0.29) is 18.4 Å². The molecule has 0 saturated carbocycles. The third-order valence-electron chi connectivity index (χ3n) is 5.20. The number of carbonyl (C=O) groups excluding carboxylic acids is 2. The summed E-state index contributed by atoms with van der Waals surface area (Å²) in [6.45, 7) is 2.62. The summed E-state index contributed by atoms with van der Waals surface area (Å²) in [6, 6.07) is 25.7. The average Bonchev–Trinajstić information content (AvgIpc) is 2.85. The second kappa shape index (κ2) is 12.7. The molecule has 172 valence electrons. The van der Waals surface area contributed by atoms with Gasteiger partial charge in [-0.2, -0.15) is 0 Å². The molecule has 1 N–H and O–H groups in total. The molecule has 3 aromatic rings. The highest BCUT2D eigenvalue weighted by Crippen LogP contribution is 2.23. The van der Waals surface area contributed by atoms with E-state index in [2.05, 4.69) is 5.32 Å². The van der Waals surface area contributed by atoms with Crippen molar-refractivity contribution in [1.82, 2.24) is 10.2 Å². The lowest BCUT2D eigenvalue weighted by Gasteiger charge is -2.31. The molecule has 0 aliphatic rings. The number of hydrogen-bond donors (Lipinski definition) is 1. The molecule has 0 aromatic heterocycles. The zero-order valence-corrected chi connectivity index (χ0v) is 19.5. The van der Waals surface area contributed by atoms with Crippen molar-refractivity contribution in [2.75, 3.05) is 13.2 Å². The highest BCUT2D eigenvalue weighted by atomic mass is 35.5. The largest absolute Gasteiger partial charge is 0.482 e. The fourth-order valence-electron chi connectivity index (χ4n) is 3.48. The first-order valence-electron chi connectivity index (χ1n) is 11.1. The van der Waals surface area contributed by atoms with Crippen molar-refractivity contribution in [3.05, 3.63) is 101 Å². The van der Waals surface area contributed by atoms with E-state index in [1.807, 2.05) is 67.6 Å². The van der Waals surface area contributed by atoms with Gasteiger partial charge in [0, 0.05) is 19.5 Å². The first-order valence-corrected chi connectivity index (χ1v) is 11.5. The van der Waals surface area contributed by atoms with Crippen molar-refractivity contribution in [2.45, 2.75) is 32.4 Å². The lowest BCUT2D eigenvalue weighted by atomic mass is 10.0. The molecule has 0 spiro atoms. The van der Waals surface area contributed by atoms with Crippen LogP contribution in [0.2, 0.25) is 5.02 Å². The van der Waals surface area contributed by atoms with Gasteiger partial charge in [-0.05, 0) is 29.7 Å². The van der Waals surface area contributed by atoms with Crippen LogP contribution in [0.15, 0.2) is 84.9 Å². The summed E-state index contributed by atoms with van der Waals surface area (Å²) in [5, 5.41) is 3.39. The zero-order chi connectivity index (χ0) is 23.5. The molecule has 0 aliphatic carbocycles. The van der Waals surface area contributed by atoms with E-state index in [1.54, 1.807) is 29.2 Å². The molecule has 6 heteroatoms. The number of nitrogens with one attached hydrogen (secondary N) is 1. The maximum atomic E-state index is 13.4. The minimum Gasteiger partial charge on any atom is -0.482 e. The van der Waals surface area contributed by atoms with Crippen LogP contribution in [-0.4, -0.2) is 35.9 Å². The summed E-state index contributed by atoms with van der Waals surface area (Å²) in [4.78, 5) is 28.2. The number of hydrogen-bond acceptors (Lipinski definition) is 3. The highest BCUT2D eigenvalue weighted by Gasteiger charge is 2.30. The molecule has 0 heterocycles. The van der Waals surface area contributed by atoms with Crippen LogP contribution in [0.3, 0.4) is 0 Å². The number of nitrogens with zero attached hydrogens (tertiary/aromatic N) is 1. The SMILES string of the molecule is CCCNC(=O)[C@H](Cc1ccccc1)N(Cc1ccccc1)C(=O)COc1ccccc1Cl. The Labute approximate surface area is 200 Å². The fraction of sp³-hybridized carbons (Fsp3) is 0.259. The van der Waals surface area contributed by atoms with Crippen molar-refractivity contribution in [3.8, 4) is 5.75 Å². The highest BCUT2D eigenvalue weighted by molar-refractivity contribution is 6.32. The maximum Gasteiger partial charge on any atom is 0.261 e. The lowest BCUT2D eigenvalue weighted by molar-refractivity contribution is -0.142. The smallest absolute Gasteiger partial charge is 0.261 e. The van der Waals surface area contributed by atoms with Gasteiger partial charge in [0.15, 0.2) is 6.61 Å². The third kappa shape index (κ3) is 7.36. The summed E-state index contributed by atoms with van der Waals surface area (Å²) < 4.78 is 5.72. The number of benzene rings is 3. The van der Waals surface area contributed by atoms with Crippen LogP contribution in [0.5, 0.6) is 5.75 Å². The molecule has 5 nitrogen and oxygen atoms in total. The molecular formula is C27H29ClN2O3. The van der Waals surface area contributed by atoms with Crippen LogP contribution < -0.4 is 10.1 Å². The normalized spacial score (nSPS) is 11.5. The number of halogens is 1. The number of rotatable bonds is 11. The standard InChI is InChI=1S/C27H29ClN2O3/c1-2-17-29-27(32)24(18-21-11-5-3-6-12-21)30(19-22-13-7-4-8-14-22)26(31)20-33-25-16-10-9-15-23(25)28/h3-16,24H,2,17-20H2,1H3,(H,29,32)/t24-/m0/s1. The van der Waals surface area contributed by atoms with Gasteiger partial charge in [0.2, 0.25) is 5.91 Å². The molecular weight excluding hydrogens is 436 g/mol. The van der Waals surface area contributed by atoms with Gasteiger partial charge in [-0.1, -0.05) is 91.3 Å². The predicted molar refractivity (Wildman–Crippen MR) is 131 cm³/mol. The molecule has 3 aromatic carbocycles. The van der Waals surface area contributed by atoms with E-state index >= 15 is 0 Å². The van der Waals surface area contributed by atoms with Gasteiger partial charge in [-0.15, -0.1) is 0 Å². The van der Waals surface area contributed by atoms with Crippen LogP contribution in [0.4, 0.5) is 0 Å². The topological polar surface area (TPSA) is 58.6 Å². The Hall–Kier alpha value is -3.31. The second-order valence-corrected chi connectivity index (χ2v) is 8.13. The fourth-order valence-corrected chi connectivity index (χ4v) is 3.67. The van der Waals surface area contributed by atoms with Gasteiger partial charge >= 0.3 is 0 Å². The second-order valence-electron chi connectivity index (χ2n) is 7.72. The van der Waals surface area contributed by atoms with Crippen LogP contribution in [0, 0.1) is 0 Å². The molecule has 33 heavy (non-hydrogen) atoms. The molecule has 0 fully saturated rings. The summed E-state index contributed by atoms with van der Waals surface area (Å²) in [5.74, 6) is -0.0312. The maximum absolute atomic E-state index is 13.4. The molecule has 3 rings (SSSR count). The van der Waals surface area contributed by atoms with E-state index in [0.717, 1.165) is 17.5 Å². The van der Waals surface area contributed by atoms with Crippen molar-refractivity contribution in [2.24, 2.45) is 0 Å². The zero-order valence-electron chi connectivity index (χ0n) is 18.7. The van der Waals surface area contributed by atoms with Gasteiger partial charge in [0.1, 0.15) is 11.8 Å². The van der Waals surface area contributed by atoms with Crippen molar-refractivity contribution < 1.29 is 14.3 Å². The molecule has 0 bridgehead atoms. The molecule has 0 saturated heterocycles. The van der Waals surface area contributed by atoms with E-state index < -0.39 is 6.04 Å². The lowest BCUT2D eigenvalue weighted by Crippen LogP contribution is -2.51. The quantitative estimate of drug-likeness (QED) is 0.439. The van der Waals surface area contributed by atoms with Crippen LogP contribution >= 0.6 is 11.6 Å². The van der Waals surface area contributed by atoms with E-state index in [0.29, 0.717) is 30.3 Å². The molecule has 0 aliphatic heterocycles. The summed E-state index contributed by atoms with van der Waals surface area (Å²) in [7, 11) is 0. The Morgan fingerprint density at radius 2 is 1.52 bits per heavy atom. The summed E-state index contributed by atoms with van der Waals surface area (Å²) in [6.07, 6.45) is 1.22. The Kier molecular flexibility index (Phi) is 9.33. The average molecular weight is 465 g/mol. The Morgan fingerprint density at radius 3 is 2.15 bits per heavy atom. The van der Waals surface area contributed by atoms with Crippen molar-refractivity contribution in [3.63, 3.8) is 0 Å². The Balaban J connectivity index is 1.87. The van der Waals surface area contributed by atoms with Gasteiger partial charge in [0.05, 0.1) is 5.02 Å². The van der Waals surface area contributed by atoms with E-state index in [9.17, 15) is 9.59 Å². The van der Waals surface area contributed by atoms with Gasteiger partial charge in [0.25, 0.3) is 5.91 Å². The van der Waals surface area contributed by atoms with E-state index in [1.165, 1.54) is 0 Å². The van der Waals surface area contributed by atoms with Crippen LogP contribution in [0.1, 0.15) is 24.5 Å². The van der Waals surface area contributed by atoms with Crippen LogP contribution in [0.25, 0.3) is 0 Å². The minimum atomic E-state index is -0.679. The summed E-state index contributed by atoms with van der Waals surface area (Å²) in [5.41, 5.74) is 1.91. The van der Waals surface area contributed by atoms with Crippen molar-refractivity contribution >= 4 is 23.4 Å². The van der Waals surface area contributed by atoms with Gasteiger partial charge in [-0.3, -0.25) is 9.59 Å². The first-order chi connectivity index (χ1) is 16.1. The monoisotopic (exact) mass is 464 g/mol. The number of ether oxygens (including phenoxy) is 1. The molecule has 2 amide bonds. The Bertz CT molecular complexity index is 1030. The predicted octanol–water partition coefficient (Wildman–Crippen LogP) is 4.89. The van der Waals surface area contributed by atoms with E-state index in [4.69, 9.17) is 16.3 Å². The summed E-state index contributed by atoms with van der Waals surface area (Å²) >= 11 is 6.18. The first kappa shape index (κ1) is 24.3. The number of carbonyl (C=O) groups is 2. The number of para-hydroxylation sites is 1.